The van der Waals surface area contributed by atoms with Gasteiger partial charge in [0.2, 0.25) is 0 Å². The van der Waals surface area contributed by atoms with Gasteiger partial charge in [-0.1, -0.05) is 6.07 Å². The maximum atomic E-state index is 14.4. The highest BCUT2D eigenvalue weighted by molar-refractivity contribution is 9.10. The second-order valence-corrected chi connectivity index (χ2v) is 5.86. The van der Waals surface area contributed by atoms with Crippen LogP contribution in [0.5, 0.6) is 0 Å². The lowest BCUT2D eigenvalue weighted by Crippen LogP contribution is -2.31. The molecule has 0 saturated carbocycles. The first-order valence-corrected chi connectivity index (χ1v) is 7.40. The molecule has 1 aliphatic heterocycles. The van der Waals surface area contributed by atoms with Crippen LogP contribution in [-0.4, -0.2) is 6.54 Å². The fourth-order valence-corrected chi connectivity index (χ4v) is 3.08. The van der Waals surface area contributed by atoms with Crippen molar-refractivity contribution in [2.75, 3.05) is 17.2 Å². The summed E-state index contributed by atoms with van der Waals surface area (Å²) in [7, 11) is 0. The Morgan fingerprint density at radius 1 is 1.24 bits per heavy atom. The third kappa shape index (κ3) is 2.47. The van der Waals surface area contributed by atoms with Gasteiger partial charge in [0, 0.05) is 18.8 Å². The number of halogens is 2. The molecule has 0 saturated heterocycles. The molecule has 2 aromatic rings. The van der Waals surface area contributed by atoms with Crippen molar-refractivity contribution in [1.29, 1.82) is 5.26 Å². The number of rotatable bonds is 1. The summed E-state index contributed by atoms with van der Waals surface area (Å²) in [5.74, 6) is -0.388. The van der Waals surface area contributed by atoms with Crippen LogP contribution in [0.4, 0.5) is 15.8 Å². The number of nitrogen functional groups attached to an aromatic ring is 1. The summed E-state index contributed by atoms with van der Waals surface area (Å²) in [6.07, 6.45) is 0.854. The van der Waals surface area contributed by atoms with Crippen molar-refractivity contribution in [1.82, 2.24) is 0 Å². The Kier molecular flexibility index (Phi) is 3.56. The van der Waals surface area contributed by atoms with Gasteiger partial charge in [0.25, 0.3) is 0 Å². The first-order chi connectivity index (χ1) is 10.1. The molecule has 106 valence electrons. The number of hydrogen-bond donors (Lipinski definition) is 1. The van der Waals surface area contributed by atoms with E-state index >= 15 is 0 Å². The van der Waals surface area contributed by atoms with Crippen LogP contribution in [-0.2, 0) is 13.0 Å². The second-order valence-electron chi connectivity index (χ2n) is 5.07. The zero-order valence-corrected chi connectivity index (χ0v) is 12.8. The highest BCUT2D eigenvalue weighted by Gasteiger charge is 2.21. The summed E-state index contributed by atoms with van der Waals surface area (Å²) in [6.45, 7) is 1.36. The van der Waals surface area contributed by atoms with E-state index in [1.807, 2.05) is 29.2 Å². The molecule has 3 rings (SSSR count). The highest BCUT2D eigenvalue weighted by Crippen LogP contribution is 2.32. The standard InChI is InChI=1S/C16H13BrFN3/c17-15-11(8-19)2-4-14(16(15)18)21-6-5-10-1-3-13(20)7-12(10)9-21/h1-4,7H,5-6,9,20H2. The average Bonchev–Trinajstić information content (AvgIpc) is 2.49. The molecular weight excluding hydrogens is 333 g/mol. The molecule has 0 amide bonds. The molecule has 0 aromatic heterocycles. The van der Waals surface area contributed by atoms with Crippen molar-refractivity contribution in [3.63, 3.8) is 0 Å². The van der Waals surface area contributed by atoms with Gasteiger partial charge in [0.05, 0.1) is 15.7 Å². The second kappa shape index (κ2) is 5.38. The van der Waals surface area contributed by atoms with Crippen LogP contribution < -0.4 is 10.6 Å². The summed E-state index contributed by atoms with van der Waals surface area (Å²) in [5, 5.41) is 8.93. The molecule has 1 aliphatic rings. The molecule has 0 atom stereocenters. The highest BCUT2D eigenvalue weighted by atomic mass is 79.9. The molecule has 5 heteroatoms. The van der Waals surface area contributed by atoms with Gasteiger partial charge < -0.3 is 10.6 Å². The number of anilines is 2. The first kappa shape index (κ1) is 13.9. The average molecular weight is 346 g/mol. The number of nitriles is 1. The lowest BCUT2D eigenvalue weighted by atomic mass is 9.98. The van der Waals surface area contributed by atoms with E-state index in [0.717, 1.165) is 24.2 Å². The van der Waals surface area contributed by atoms with Crippen LogP contribution in [0.3, 0.4) is 0 Å². The third-order valence-corrected chi connectivity index (χ3v) is 4.54. The molecule has 0 radical (unpaired) electrons. The molecule has 0 bridgehead atoms. The van der Waals surface area contributed by atoms with Crippen molar-refractivity contribution in [3.05, 3.63) is 57.3 Å². The van der Waals surface area contributed by atoms with Crippen LogP contribution >= 0.6 is 15.9 Å². The molecule has 3 nitrogen and oxygen atoms in total. The molecule has 21 heavy (non-hydrogen) atoms. The fourth-order valence-electron chi connectivity index (χ4n) is 2.65. The first-order valence-electron chi connectivity index (χ1n) is 6.60. The molecule has 0 aliphatic carbocycles. The summed E-state index contributed by atoms with van der Waals surface area (Å²) in [4.78, 5) is 1.98. The molecule has 2 N–H and O–H groups in total. The normalized spacial score (nSPS) is 13.7. The SMILES string of the molecule is N#Cc1ccc(N2CCc3ccc(N)cc3C2)c(F)c1Br. The predicted octanol–water partition coefficient (Wildman–Crippen LogP) is 3.60. The lowest BCUT2D eigenvalue weighted by molar-refractivity contribution is 0.604. The molecule has 0 unspecified atom stereocenters. The van der Waals surface area contributed by atoms with Crippen molar-refractivity contribution >= 4 is 27.3 Å². The minimum absolute atomic E-state index is 0.223. The fraction of sp³-hybridized carbons (Fsp3) is 0.188. The number of nitrogens with two attached hydrogens (primary N) is 1. The summed E-state index contributed by atoms with van der Waals surface area (Å²) in [5.41, 5.74) is 9.74. The minimum Gasteiger partial charge on any atom is -0.399 e. The van der Waals surface area contributed by atoms with Gasteiger partial charge in [0.15, 0.2) is 5.82 Å². The maximum absolute atomic E-state index is 14.4. The molecule has 0 spiro atoms. The van der Waals surface area contributed by atoms with Gasteiger partial charge in [-0.15, -0.1) is 0 Å². The minimum atomic E-state index is -0.388. The Bertz CT molecular complexity index is 752. The van der Waals surface area contributed by atoms with Crippen molar-refractivity contribution < 1.29 is 4.39 Å². The Hall–Kier alpha value is -2.06. The van der Waals surface area contributed by atoms with Gasteiger partial charge in [-0.05, 0) is 57.7 Å². The van der Waals surface area contributed by atoms with E-state index in [4.69, 9.17) is 11.0 Å². The van der Waals surface area contributed by atoms with Crippen LogP contribution in [0.15, 0.2) is 34.8 Å². The quantitative estimate of drug-likeness (QED) is 0.803. The van der Waals surface area contributed by atoms with Gasteiger partial charge in [-0.25, -0.2) is 4.39 Å². The topological polar surface area (TPSA) is 53.0 Å². The zero-order valence-electron chi connectivity index (χ0n) is 11.2. The largest absolute Gasteiger partial charge is 0.399 e. The number of hydrogen-bond acceptors (Lipinski definition) is 3. The third-order valence-electron chi connectivity index (χ3n) is 3.77. The van der Waals surface area contributed by atoms with Gasteiger partial charge >= 0.3 is 0 Å². The summed E-state index contributed by atoms with van der Waals surface area (Å²) < 4.78 is 14.6. The van der Waals surface area contributed by atoms with E-state index < -0.39 is 0 Å². The maximum Gasteiger partial charge on any atom is 0.161 e. The zero-order chi connectivity index (χ0) is 15.0. The van der Waals surface area contributed by atoms with Crippen molar-refractivity contribution in [2.45, 2.75) is 13.0 Å². The molecule has 2 aromatic carbocycles. The van der Waals surface area contributed by atoms with Crippen molar-refractivity contribution in [2.24, 2.45) is 0 Å². The van der Waals surface area contributed by atoms with E-state index in [1.54, 1.807) is 12.1 Å². The smallest absolute Gasteiger partial charge is 0.161 e. The van der Waals surface area contributed by atoms with E-state index in [0.29, 0.717) is 17.8 Å². The van der Waals surface area contributed by atoms with Crippen LogP contribution in [0.1, 0.15) is 16.7 Å². The molecular formula is C16H13BrFN3. The van der Waals surface area contributed by atoms with Crippen LogP contribution in [0.25, 0.3) is 0 Å². The van der Waals surface area contributed by atoms with Gasteiger partial charge in [0.1, 0.15) is 6.07 Å². The Morgan fingerprint density at radius 2 is 2.05 bits per heavy atom. The van der Waals surface area contributed by atoms with E-state index in [9.17, 15) is 4.39 Å². The van der Waals surface area contributed by atoms with Crippen LogP contribution in [0.2, 0.25) is 0 Å². The molecule has 0 fully saturated rings. The predicted molar refractivity (Wildman–Crippen MR) is 84.4 cm³/mol. The lowest BCUT2D eigenvalue weighted by Gasteiger charge is -2.31. The van der Waals surface area contributed by atoms with Crippen LogP contribution in [0, 0.1) is 17.1 Å². The van der Waals surface area contributed by atoms with Crippen molar-refractivity contribution in [3.8, 4) is 6.07 Å². The number of nitrogens with zero attached hydrogens (tertiary/aromatic N) is 2. The van der Waals surface area contributed by atoms with Gasteiger partial charge in [-0.3, -0.25) is 0 Å². The van der Waals surface area contributed by atoms with E-state index in [2.05, 4.69) is 15.9 Å². The number of benzene rings is 2. The monoisotopic (exact) mass is 345 g/mol. The summed E-state index contributed by atoms with van der Waals surface area (Å²) in [6, 6.07) is 11.1. The van der Waals surface area contributed by atoms with Gasteiger partial charge in [-0.2, -0.15) is 5.26 Å². The Balaban J connectivity index is 1.97. The Morgan fingerprint density at radius 3 is 2.81 bits per heavy atom. The number of fused-ring (bicyclic) bond motifs is 1. The Labute approximate surface area is 130 Å². The molecule has 1 heterocycles. The van der Waals surface area contributed by atoms with E-state index in [1.165, 1.54) is 5.56 Å². The summed E-state index contributed by atoms with van der Waals surface area (Å²) >= 11 is 3.16. The van der Waals surface area contributed by atoms with E-state index in [-0.39, 0.29) is 10.3 Å².